The monoisotopic (exact) mass is 405 g/mol. The zero-order chi connectivity index (χ0) is 20.7. The molecule has 0 unspecified atom stereocenters. The highest BCUT2D eigenvalue weighted by atomic mass is 19.4. The fourth-order valence-corrected chi connectivity index (χ4v) is 2.41. The molecule has 0 aliphatic carbocycles. The number of aromatic amines is 1. The highest BCUT2D eigenvalue weighted by Crippen LogP contribution is 2.26. The fourth-order valence-electron chi connectivity index (χ4n) is 2.41. The minimum absolute atomic E-state index is 0.0235. The summed E-state index contributed by atoms with van der Waals surface area (Å²) in [6.07, 6.45) is -3.68. The summed E-state index contributed by atoms with van der Waals surface area (Å²) in [7, 11) is 0. The van der Waals surface area contributed by atoms with Crippen molar-refractivity contribution >= 4 is 5.91 Å². The van der Waals surface area contributed by atoms with E-state index >= 15 is 0 Å². The van der Waals surface area contributed by atoms with Crippen molar-refractivity contribution in [1.82, 2.24) is 14.9 Å². The first-order valence-electron chi connectivity index (χ1n) is 8.25. The second-order valence-corrected chi connectivity index (χ2v) is 5.79. The van der Waals surface area contributed by atoms with Crippen LogP contribution in [0, 0.1) is 11.8 Å². The van der Waals surface area contributed by atoms with E-state index < -0.39 is 29.6 Å². The molecule has 3 N–H and O–H groups in total. The predicted octanol–water partition coefficient (Wildman–Crippen LogP) is -0.747. The standard InChI is InChI=1S/C16H18F3N3O6/c17-16(18,19)14(25)20-5-7-27-6-1-2-10-8-22(15(26)21-13(10)24)12-4-3-11(9-23)28-12/h8,11-12,23H,3-7,9H2,(H,20,25)(H,21,24,26)/t11-,12+/m0/s1. The zero-order valence-corrected chi connectivity index (χ0v) is 14.5. The van der Waals surface area contributed by atoms with Crippen LogP contribution in [0.3, 0.4) is 0 Å². The molecule has 12 heteroatoms. The molecule has 28 heavy (non-hydrogen) atoms. The van der Waals surface area contributed by atoms with E-state index in [-0.39, 0.29) is 38.0 Å². The molecular weight excluding hydrogens is 387 g/mol. The Bertz CT molecular complexity index is 867. The van der Waals surface area contributed by atoms with Crippen LogP contribution in [0.2, 0.25) is 0 Å². The van der Waals surface area contributed by atoms with E-state index in [1.165, 1.54) is 10.8 Å². The largest absolute Gasteiger partial charge is 0.471 e. The lowest BCUT2D eigenvalue weighted by molar-refractivity contribution is -0.173. The number of alkyl halides is 3. The van der Waals surface area contributed by atoms with E-state index in [1.807, 2.05) is 0 Å². The lowest BCUT2D eigenvalue weighted by Crippen LogP contribution is -2.38. The summed E-state index contributed by atoms with van der Waals surface area (Å²) in [6.45, 7) is -0.934. The molecule has 0 bridgehead atoms. The lowest BCUT2D eigenvalue weighted by Gasteiger charge is -2.14. The van der Waals surface area contributed by atoms with E-state index in [4.69, 9.17) is 14.6 Å². The number of hydrogen-bond acceptors (Lipinski definition) is 6. The van der Waals surface area contributed by atoms with E-state index in [9.17, 15) is 27.6 Å². The van der Waals surface area contributed by atoms with Crippen LogP contribution >= 0.6 is 0 Å². The number of aliphatic hydroxyl groups excluding tert-OH is 1. The van der Waals surface area contributed by atoms with Crippen molar-refractivity contribution in [2.45, 2.75) is 31.3 Å². The molecule has 1 aromatic rings. The van der Waals surface area contributed by atoms with Crippen molar-refractivity contribution in [3.63, 3.8) is 0 Å². The molecular formula is C16H18F3N3O6. The number of aromatic nitrogens is 2. The maximum absolute atomic E-state index is 12.0. The van der Waals surface area contributed by atoms with Crippen LogP contribution in [0.5, 0.6) is 0 Å². The second kappa shape index (κ2) is 9.54. The van der Waals surface area contributed by atoms with Crippen LogP contribution < -0.4 is 16.6 Å². The molecule has 2 atom stereocenters. The van der Waals surface area contributed by atoms with Crippen LogP contribution in [0.25, 0.3) is 0 Å². The third-order valence-corrected chi connectivity index (χ3v) is 3.75. The van der Waals surface area contributed by atoms with Gasteiger partial charge in [-0.05, 0) is 12.8 Å². The Morgan fingerprint density at radius 3 is 2.82 bits per heavy atom. The topological polar surface area (TPSA) is 123 Å². The van der Waals surface area contributed by atoms with E-state index in [0.29, 0.717) is 12.8 Å². The number of ether oxygens (including phenoxy) is 2. The highest BCUT2D eigenvalue weighted by Gasteiger charge is 2.38. The summed E-state index contributed by atoms with van der Waals surface area (Å²) < 4.78 is 47.5. The average molecular weight is 405 g/mol. The molecule has 0 aromatic carbocycles. The number of nitrogens with zero attached hydrogens (tertiary/aromatic N) is 1. The number of carbonyl (C=O) groups is 1. The van der Waals surface area contributed by atoms with Gasteiger partial charge in [0.05, 0.1) is 19.3 Å². The van der Waals surface area contributed by atoms with Crippen molar-refractivity contribution in [3.8, 4) is 11.8 Å². The first kappa shape index (κ1) is 21.7. The highest BCUT2D eigenvalue weighted by molar-refractivity contribution is 5.81. The second-order valence-electron chi connectivity index (χ2n) is 5.79. The Morgan fingerprint density at radius 2 is 2.18 bits per heavy atom. The van der Waals surface area contributed by atoms with Gasteiger partial charge in [0.25, 0.3) is 5.56 Å². The molecule has 1 saturated heterocycles. The van der Waals surface area contributed by atoms with Gasteiger partial charge >= 0.3 is 17.8 Å². The van der Waals surface area contributed by atoms with Gasteiger partial charge in [-0.1, -0.05) is 11.8 Å². The normalized spacial score (nSPS) is 19.1. The predicted molar refractivity (Wildman–Crippen MR) is 88.3 cm³/mol. The Hall–Kier alpha value is -2.62. The van der Waals surface area contributed by atoms with Gasteiger partial charge in [0.15, 0.2) is 0 Å². The quantitative estimate of drug-likeness (QED) is 0.423. The van der Waals surface area contributed by atoms with Gasteiger partial charge in [-0.15, -0.1) is 0 Å². The minimum atomic E-state index is -4.95. The summed E-state index contributed by atoms with van der Waals surface area (Å²) in [5, 5.41) is 10.7. The van der Waals surface area contributed by atoms with Crippen molar-refractivity contribution < 1.29 is 32.5 Å². The maximum Gasteiger partial charge on any atom is 0.471 e. The molecule has 1 aliphatic heterocycles. The molecule has 1 aromatic heterocycles. The van der Waals surface area contributed by atoms with Crippen molar-refractivity contribution in [2.75, 3.05) is 26.4 Å². The SMILES string of the molecule is O=C(NCCOCC#Cc1cn([C@H]2CC[C@@H](CO)O2)c(=O)[nH]c1=O)C(F)(F)F. The van der Waals surface area contributed by atoms with Gasteiger partial charge < -0.3 is 19.9 Å². The summed E-state index contributed by atoms with van der Waals surface area (Å²) in [6, 6.07) is 0. The number of amides is 1. The summed E-state index contributed by atoms with van der Waals surface area (Å²) in [5.74, 6) is 2.94. The number of H-pyrrole nitrogens is 1. The van der Waals surface area contributed by atoms with Gasteiger partial charge in [-0.25, -0.2) is 4.79 Å². The Morgan fingerprint density at radius 1 is 1.43 bits per heavy atom. The third kappa shape index (κ3) is 5.95. The molecule has 2 rings (SSSR count). The van der Waals surface area contributed by atoms with Crippen molar-refractivity contribution in [1.29, 1.82) is 0 Å². The molecule has 1 amide bonds. The first-order valence-corrected chi connectivity index (χ1v) is 8.25. The number of aliphatic hydroxyl groups is 1. The molecule has 1 fully saturated rings. The number of carbonyl (C=O) groups excluding carboxylic acids is 1. The molecule has 0 saturated carbocycles. The van der Waals surface area contributed by atoms with Crippen LogP contribution in [-0.4, -0.2) is 59.2 Å². The van der Waals surface area contributed by atoms with Gasteiger partial charge in [0.2, 0.25) is 0 Å². The molecule has 154 valence electrons. The summed E-state index contributed by atoms with van der Waals surface area (Å²) in [5.41, 5.74) is -1.40. The molecule has 0 radical (unpaired) electrons. The zero-order valence-electron chi connectivity index (χ0n) is 14.5. The van der Waals surface area contributed by atoms with Crippen LogP contribution in [0.1, 0.15) is 24.6 Å². The van der Waals surface area contributed by atoms with Gasteiger partial charge in [0.1, 0.15) is 18.4 Å². The Kier molecular flexibility index (Phi) is 7.38. The summed E-state index contributed by atoms with van der Waals surface area (Å²) in [4.78, 5) is 36.4. The fraction of sp³-hybridized carbons (Fsp3) is 0.562. The van der Waals surface area contributed by atoms with Crippen LogP contribution in [-0.2, 0) is 14.3 Å². The minimum Gasteiger partial charge on any atom is -0.394 e. The molecule has 2 heterocycles. The van der Waals surface area contributed by atoms with E-state index in [2.05, 4.69) is 16.8 Å². The first-order chi connectivity index (χ1) is 13.2. The number of rotatable bonds is 6. The average Bonchev–Trinajstić information content (AvgIpc) is 3.10. The number of halogens is 3. The van der Waals surface area contributed by atoms with E-state index in [1.54, 1.807) is 5.32 Å². The Balaban J connectivity index is 1.89. The van der Waals surface area contributed by atoms with Gasteiger partial charge in [0, 0.05) is 12.7 Å². The van der Waals surface area contributed by atoms with Crippen molar-refractivity contribution in [2.24, 2.45) is 0 Å². The molecule has 0 spiro atoms. The third-order valence-electron chi connectivity index (χ3n) is 3.75. The number of hydrogen-bond donors (Lipinski definition) is 3. The maximum atomic E-state index is 12.0. The van der Waals surface area contributed by atoms with Crippen molar-refractivity contribution in [3.05, 3.63) is 32.6 Å². The molecule has 9 nitrogen and oxygen atoms in total. The van der Waals surface area contributed by atoms with Crippen LogP contribution in [0.4, 0.5) is 13.2 Å². The Labute approximate surface area is 156 Å². The lowest BCUT2D eigenvalue weighted by atomic mass is 10.2. The smallest absolute Gasteiger partial charge is 0.394 e. The molecule has 1 aliphatic rings. The van der Waals surface area contributed by atoms with Gasteiger partial charge in [-0.2, -0.15) is 13.2 Å². The van der Waals surface area contributed by atoms with Gasteiger partial charge in [-0.3, -0.25) is 19.1 Å². The van der Waals surface area contributed by atoms with Crippen LogP contribution in [0.15, 0.2) is 15.8 Å². The summed E-state index contributed by atoms with van der Waals surface area (Å²) >= 11 is 0. The van der Waals surface area contributed by atoms with E-state index in [0.717, 1.165) is 0 Å². The number of nitrogens with one attached hydrogen (secondary N) is 2.